The second-order valence-corrected chi connectivity index (χ2v) is 7.32. The molecule has 0 atom stereocenters. The Morgan fingerprint density at radius 1 is 1.33 bits per heavy atom. The number of thiophene rings is 1. The number of halogens is 1. The highest BCUT2D eigenvalue weighted by Crippen LogP contribution is 2.32. The summed E-state index contributed by atoms with van der Waals surface area (Å²) >= 11 is 5.37. The number of aryl methyl sites for hydroxylation is 1. The Labute approximate surface area is 139 Å². The van der Waals surface area contributed by atoms with Gasteiger partial charge in [0.1, 0.15) is 5.82 Å². The van der Waals surface area contributed by atoms with Gasteiger partial charge in [-0.05, 0) is 58.6 Å². The Hall–Kier alpha value is -0.940. The van der Waals surface area contributed by atoms with E-state index in [0.29, 0.717) is 5.92 Å². The number of nitrogens with zero attached hydrogens (tertiary/aromatic N) is 2. The molecule has 2 aromatic rings. The van der Waals surface area contributed by atoms with Crippen LogP contribution in [0.25, 0.3) is 10.7 Å². The van der Waals surface area contributed by atoms with Crippen molar-refractivity contribution >= 4 is 33.1 Å². The zero-order valence-corrected chi connectivity index (χ0v) is 15.4. The Morgan fingerprint density at radius 2 is 2.10 bits per heavy atom. The summed E-state index contributed by atoms with van der Waals surface area (Å²) in [6.07, 6.45) is 2.02. The highest BCUT2D eigenvalue weighted by atomic mass is 79.9. The standard InChI is InChI=1S/C16H22BrN3S/c1-5-7-18-15-13(17)12(9-10(2)3)19-16(20-15)14-11(4)6-8-21-14/h6,8,10H,5,7,9H2,1-4H3,(H,18,19,20). The van der Waals surface area contributed by atoms with Crippen LogP contribution in [0.4, 0.5) is 5.82 Å². The molecular weight excluding hydrogens is 346 g/mol. The third-order valence-corrected chi connectivity index (χ3v) is 4.97. The van der Waals surface area contributed by atoms with E-state index in [2.05, 4.69) is 60.4 Å². The van der Waals surface area contributed by atoms with E-state index in [4.69, 9.17) is 9.97 Å². The minimum atomic E-state index is 0.563. The lowest BCUT2D eigenvalue weighted by Crippen LogP contribution is -2.09. The zero-order valence-electron chi connectivity index (χ0n) is 13.0. The van der Waals surface area contributed by atoms with Crippen molar-refractivity contribution in [2.45, 2.75) is 40.5 Å². The number of anilines is 1. The van der Waals surface area contributed by atoms with Gasteiger partial charge >= 0.3 is 0 Å². The van der Waals surface area contributed by atoms with Crippen molar-refractivity contribution in [3.8, 4) is 10.7 Å². The van der Waals surface area contributed by atoms with Gasteiger partial charge in [-0.2, -0.15) is 0 Å². The molecule has 2 aromatic heterocycles. The van der Waals surface area contributed by atoms with Crippen LogP contribution >= 0.6 is 27.3 Å². The van der Waals surface area contributed by atoms with Crippen molar-refractivity contribution < 1.29 is 0 Å². The summed E-state index contributed by atoms with van der Waals surface area (Å²) < 4.78 is 1.00. The van der Waals surface area contributed by atoms with Crippen molar-refractivity contribution in [2.24, 2.45) is 5.92 Å². The molecule has 0 radical (unpaired) electrons. The van der Waals surface area contributed by atoms with Crippen LogP contribution in [0.1, 0.15) is 38.4 Å². The van der Waals surface area contributed by atoms with Crippen molar-refractivity contribution in [3.63, 3.8) is 0 Å². The van der Waals surface area contributed by atoms with Crippen molar-refractivity contribution in [1.29, 1.82) is 0 Å². The Kier molecular flexibility index (Phi) is 5.76. The van der Waals surface area contributed by atoms with Crippen LogP contribution in [-0.2, 0) is 6.42 Å². The average Bonchev–Trinajstić information content (AvgIpc) is 2.85. The molecule has 0 aliphatic rings. The first kappa shape index (κ1) is 16.4. The van der Waals surface area contributed by atoms with Crippen LogP contribution in [0, 0.1) is 12.8 Å². The number of rotatable bonds is 6. The van der Waals surface area contributed by atoms with Crippen LogP contribution in [0.2, 0.25) is 0 Å². The highest BCUT2D eigenvalue weighted by Gasteiger charge is 2.16. The molecule has 3 nitrogen and oxygen atoms in total. The number of hydrogen-bond donors (Lipinski definition) is 1. The molecule has 21 heavy (non-hydrogen) atoms. The molecule has 0 amide bonds. The Bertz CT molecular complexity index is 608. The molecule has 0 bridgehead atoms. The summed E-state index contributed by atoms with van der Waals surface area (Å²) in [4.78, 5) is 10.7. The van der Waals surface area contributed by atoms with E-state index >= 15 is 0 Å². The van der Waals surface area contributed by atoms with E-state index in [0.717, 1.165) is 46.1 Å². The third kappa shape index (κ3) is 4.04. The third-order valence-electron chi connectivity index (χ3n) is 3.13. The lowest BCUT2D eigenvalue weighted by Gasteiger charge is -2.14. The molecule has 0 unspecified atom stereocenters. The van der Waals surface area contributed by atoms with Gasteiger partial charge in [-0.3, -0.25) is 0 Å². The maximum Gasteiger partial charge on any atom is 0.172 e. The molecule has 2 heterocycles. The van der Waals surface area contributed by atoms with Crippen molar-refractivity contribution in [3.05, 3.63) is 27.2 Å². The first-order chi connectivity index (χ1) is 10.0. The first-order valence-electron chi connectivity index (χ1n) is 7.37. The molecular formula is C16H22BrN3S. The van der Waals surface area contributed by atoms with Gasteiger partial charge in [-0.1, -0.05) is 20.8 Å². The normalized spacial score (nSPS) is 11.1. The molecule has 0 saturated carbocycles. The molecule has 0 aromatic carbocycles. The van der Waals surface area contributed by atoms with Gasteiger partial charge in [-0.15, -0.1) is 11.3 Å². The minimum absolute atomic E-state index is 0.563. The van der Waals surface area contributed by atoms with Gasteiger partial charge in [0.2, 0.25) is 0 Å². The predicted octanol–water partition coefficient (Wildman–Crippen LogP) is 5.30. The van der Waals surface area contributed by atoms with Gasteiger partial charge in [0.05, 0.1) is 15.0 Å². The average molecular weight is 368 g/mol. The van der Waals surface area contributed by atoms with Crippen LogP contribution in [0.5, 0.6) is 0 Å². The zero-order chi connectivity index (χ0) is 15.4. The second-order valence-electron chi connectivity index (χ2n) is 5.61. The lowest BCUT2D eigenvalue weighted by molar-refractivity contribution is 0.632. The molecule has 0 fully saturated rings. The quantitative estimate of drug-likeness (QED) is 0.752. The summed E-state index contributed by atoms with van der Waals surface area (Å²) in [7, 11) is 0. The molecule has 0 aliphatic heterocycles. The largest absolute Gasteiger partial charge is 0.369 e. The van der Waals surface area contributed by atoms with Gasteiger partial charge in [0, 0.05) is 6.54 Å². The monoisotopic (exact) mass is 367 g/mol. The van der Waals surface area contributed by atoms with Gasteiger partial charge in [-0.25, -0.2) is 9.97 Å². The number of nitrogens with one attached hydrogen (secondary N) is 1. The van der Waals surface area contributed by atoms with E-state index < -0.39 is 0 Å². The van der Waals surface area contributed by atoms with Crippen molar-refractivity contribution in [2.75, 3.05) is 11.9 Å². The summed E-state index contributed by atoms with van der Waals surface area (Å²) in [5, 5.41) is 5.50. The fourth-order valence-corrected chi connectivity index (χ4v) is 3.42. The van der Waals surface area contributed by atoms with Gasteiger partial charge in [0.15, 0.2) is 5.82 Å². The summed E-state index contributed by atoms with van der Waals surface area (Å²) in [5.74, 6) is 2.30. The van der Waals surface area contributed by atoms with E-state index in [-0.39, 0.29) is 0 Å². The summed E-state index contributed by atoms with van der Waals surface area (Å²) in [6, 6.07) is 2.12. The van der Waals surface area contributed by atoms with E-state index in [1.807, 2.05) is 0 Å². The maximum atomic E-state index is 4.80. The molecule has 2 rings (SSSR count). The van der Waals surface area contributed by atoms with Gasteiger partial charge in [0.25, 0.3) is 0 Å². The topological polar surface area (TPSA) is 37.8 Å². The van der Waals surface area contributed by atoms with E-state index in [1.165, 1.54) is 5.56 Å². The van der Waals surface area contributed by atoms with Crippen LogP contribution in [-0.4, -0.2) is 16.5 Å². The summed E-state index contributed by atoms with van der Waals surface area (Å²) in [5.41, 5.74) is 2.32. The Morgan fingerprint density at radius 3 is 2.67 bits per heavy atom. The second kappa shape index (κ2) is 7.36. The fourth-order valence-electron chi connectivity index (χ4n) is 2.08. The smallest absolute Gasteiger partial charge is 0.172 e. The molecule has 5 heteroatoms. The van der Waals surface area contributed by atoms with E-state index in [1.54, 1.807) is 11.3 Å². The molecule has 1 N–H and O–H groups in total. The number of aromatic nitrogens is 2. The van der Waals surface area contributed by atoms with Gasteiger partial charge < -0.3 is 5.32 Å². The lowest BCUT2D eigenvalue weighted by atomic mass is 10.1. The van der Waals surface area contributed by atoms with E-state index in [9.17, 15) is 0 Å². The minimum Gasteiger partial charge on any atom is -0.369 e. The highest BCUT2D eigenvalue weighted by molar-refractivity contribution is 9.10. The fraction of sp³-hybridized carbons (Fsp3) is 0.500. The van der Waals surface area contributed by atoms with Crippen LogP contribution in [0.15, 0.2) is 15.9 Å². The Balaban J connectivity index is 2.47. The molecule has 114 valence electrons. The maximum absolute atomic E-state index is 4.80. The summed E-state index contributed by atoms with van der Waals surface area (Å²) in [6.45, 7) is 9.60. The van der Waals surface area contributed by atoms with Crippen LogP contribution in [0.3, 0.4) is 0 Å². The molecule has 0 spiro atoms. The van der Waals surface area contributed by atoms with Crippen LogP contribution < -0.4 is 5.32 Å². The molecule has 0 saturated heterocycles. The predicted molar refractivity (Wildman–Crippen MR) is 95.1 cm³/mol. The van der Waals surface area contributed by atoms with Crippen molar-refractivity contribution in [1.82, 2.24) is 9.97 Å². The molecule has 0 aliphatic carbocycles. The first-order valence-corrected chi connectivity index (χ1v) is 9.05. The number of hydrogen-bond acceptors (Lipinski definition) is 4. The SMILES string of the molecule is CCCNc1nc(-c2sccc2C)nc(CC(C)C)c1Br.